The molecule has 3 aromatic rings. The molecule has 1 amide bonds. The molecule has 1 unspecified atom stereocenters. The van der Waals surface area contributed by atoms with Crippen LogP contribution in [-0.2, 0) is 11.2 Å². The third-order valence-corrected chi connectivity index (χ3v) is 4.52. The molecule has 0 bridgehead atoms. The molecule has 4 rings (SSSR count). The van der Waals surface area contributed by atoms with Crippen molar-refractivity contribution in [1.82, 2.24) is 10.3 Å². The molecule has 0 aliphatic carbocycles. The first kappa shape index (κ1) is 17.1. The van der Waals surface area contributed by atoms with E-state index < -0.39 is 0 Å². The van der Waals surface area contributed by atoms with Gasteiger partial charge in [-0.05, 0) is 37.6 Å². The maximum absolute atomic E-state index is 12.4. The van der Waals surface area contributed by atoms with Crippen LogP contribution in [0.1, 0.15) is 30.0 Å². The quantitative estimate of drug-likeness (QED) is 0.745. The van der Waals surface area contributed by atoms with Gasteiger partial charge in [0, 0.05) is 5.56 Å². The number of rotatable bonds is 5. The number of hydrogen-bond acceptors (Lipinski definition) is 5. The predicted octanol–water partition coefficient (Wildman–Crippen LogP) is 3.80. The Labute approximate surface area is 157 Å². The summed E-state index contributed by atoms with van der Waals surface area (Å²) in [7, 11) is 0. The summed E-state index contributed by atoms with van der Waals surface area (Å²) >= 11 is 0. The normalized spacial score (nSPS) is 13.4. The minimum absolute atomic E-state index is 0.0702. The second-order valence-electron chi connectivity index (χ2n) is 6.47. The van der Waals surface area contributed by atoms with Crippen LogP contribution >= 0.6 is 0 Å². The molecule has 6 heteroatoms. The minimum Gasteiger partial charge on any atom is -0.454 e. The highest BCUT2D eigenvalue weighted by molar-refractivity contribution is 5.79. The van der Waals surface area contributed by atoms with Gasteiger partial charge in [-0.3, -0.25) is 4.79 Å². The summed E-state index contributed by atoms with van der Waals surface area (Å²) in [5, 5.41) is 3.00. The van der Waals surface area contributed by atoms with Gasteiger partial charge >= 0.3 is 0 Å². The molecule has 1 N–H and O–H groups in total. The largest absolute Gasteiger partial charge is 0.454 e. The lowest BCUT2D eigenvalue weighted by molar-refractivity contribution is -0.121. The molecule has 1 aliphatic rings. The summed E-state index contributed by atoms with van der Waals surface area (Å²) in [6.07, 6.45) is 0.164. The van der Waals surface area contributed by atoms with Gasteiger partial charge in [0.15, 0.2) is 11.5 Å². The lowest BCUT2D eigenvalue weighted by Crippen LogP contribution is -2.28. The number of nitrogens with one attached hydrogen (secondary N) is 1. The summed E-state index contributed by atoms with van der Waals surface area (Å²) in [5.41, 5.74) is 2.47. The van der Waals surface area contributed by atoms with Gasteiger partial charge in [0.1, 0.15) is 5.76 Å². The Hall–Kier alpha value is -3.28. The van der Waals surface area contributed by atoms with Gasteiger partial charge in [-0.1, -0.05) is 30.3 Å². The van der Waals surface area contributed by atoms with E-state index in [2.05, 4.69) is 10.3 Å². The molecule has 0 fully saturated rings. The molecule has 2 heterocycles. The third kappa shape index (κ3) is 3.65. The van der Waals surface area contributed by atoms with Gasteiger partial charge in [-0.2, -0.15) is 0 Å². The van der Waals surface area contributed by atoms with E-state index in [4.69, 9.17) is 13.9 Å². The number of hydrogen-bond donors (Lipinski definition) is 1. The van der Waals surface area contributed by atoms with Crippen molar-refractivity contribution in [3.63, 3.8) is 0 Å². The molecule has 27 heavy (non-hydrogen) atoms. The Kier molecular flexibility index (Phi) is 4.54. The minimum atomic E-state index is -0.0972. The highest BCUT2D eigenvalue weighted by Gasteiger charge is 2.19. The van der Waals surface area contributed by atoms with Gasteiger partial charge < -0.3 is 19.2 Å². The van der Waals surface area contributed by atoms with Crippen molar-refractivity contribution >= 4 is 5.91 Å². The van der Waals surface area contributed by atoms with Gasteiger partial charge in [0.2, 0.25) is 18.6 Å². The molecule has 0 saturated heterocycles. The van der Waals surface area contributed by atoms with Gasteiger partial charge in [0.05, 0.1) is 18.2 Å². The number of fused-ring (bicyclic) bond motifs is 1. The van der Waals surface area contributed by atoms with E-state index in [-0.39, 0.29) is 25.2 Å². The topological polar surface area (TPSA) is 73.6 Å². The maximum atomic E-state index is 12.4. The molecule has 1 aliphatic heterocycles. The van der Waals surface area contributed by atoms with Crippen molar-refractivity contribution in [2.75, 3.05) is 6.79 Å². The SMILES string of the molecule is Cc1oc(-c2ccc3c(c2)OCO3)nc1CC(=O)NC(C)c1ccccc1. The molecule has 0 spiro atoms. The Morgan fingerprint density at radius 3 is 2.74 bits per heavy atom. The van der Waals surface area contributed by atoms with Crippen LogP contribution in [-0.4, -0.2) is 17.7 Å². The highest BCUT2D eigenvalue weighted by Crippen LogP contribution is 2.36. The Bertz CT molecular complexity index is 966. The summed E-state index contributed by atoms with van der Waals surface area (Å²) in [4.78, 5) is 16.9. The number of amides is 1. The molecule has 0 radical (unpaired) electrons. The Morgan fingerprint density at radius 1 is 1.15 bits per heavy atom. The number of benzene rings is 2. The Morgan fingerprint density at radius 2 is 1.93 bits per heavy atom. The van der Waals surface area contributed by atoms with Crippen molar-refractivity contribution in [1.29, 1.82) is 0 Å². The fraction of sp³-hybridized carbons (Fsp3) is 0.238. The van der Waals surface area contributed by atoms with Crippen molar-refractivity contribution in [2.45, 2.75) is 26.3 Å². The highest BCUT2D eigenvalue weighted by atomic mass is 16.7. The van der Waals surface area contributed by atoms with Crippen LogP contribution in [0.2, 0.25) is 0 Å². The fourth-order valence-electron chi connectivity index (χ4n) is 3.01. The van der Waals surface area contributed by atoms with Gasteiger partial charge in [-0.25, -0.2) is 4.98 Å². The van der Waals surface area contributed by atoms with E-state index in [0.29, 0.717) is 28.8 Å². The number of aromatic nitrogens is 1. The average molecular weight is 364 g/mol. The molecule has 6 nitrogen and oxygen atoms in total. The molecular formula is C21H20N2O4. The third-order valence-electron chi connectivity index (χ3n) is 4.52. The molecule has 0 saturated carbocycles. The zero-order valence-corrected chi connectivity index (χ0v) is 15.2. The Balaban J connectivity index is 1.46. The van der Waals surface area contributed by atoms with Crippen LogP contribution in [0.4, 0.5) is 0 Å². The maximum Gasteiger partial charge on any atom is 0.231 e. The van der Waals surface area contributed by atoms with E-state index in [1.165, 1.54) is 0 Å². The average Bonchev–Trinajstić information content (AvgIpc) is 3.28. The van der Waals surface area contributed by atoms with E-state index >= 15 is 0 Å². The van der Waals surface area contributed by atoms with E-state index in [1.54, 1.807) is 0 Å². The number of carbonyl (C=O) groups excluding carboxylic acids is 1. The number of aryl methyl sites for hydroxylation is 1. The van der Waals surface area contributed by atoms with Crippen LogP contribution in [0.5, 0.6) is 11.5 Å². The van der Waals surface area contributed by atoms with Crippen LogP contribution in [0.15, 0.2) is 52.9 Å². The smallest absolute Gasteiger partial charge is 0.231 e. The van der Waals surface area contributed by atoms with Crippen molar-refractivity contribution in [2.24, 2.45) is 0 Å². The predicted molar refractivity (Wildman–Crippen MR) is 99.5 cm³/mol. The van der Waals surface area contributed by atoms with Crippen molar-refractivity contribution in [3.05, 3.63) is 65.5 Å². The summed E-state index contributed by atoms with van der Waals surface area (Å²) in [5.74, 6) is 2.37. The molecule has 2 aromatic carbocycles. The standard InChI is InChI=1S/C21H20N2O4/c1-13(15-6-4-3-5-7-15)22-20(24)11-17-14(2)27-21(23-17)16-8-9-18-19(10-16)26-12-25-18/h3-10,13H,11-12H2,1-2H3,(H,22,24). The molecular weight excluding hydrogens is 344 g/mol. The molecule has 1 atom stereocenters. The second-order valence-corrected chi connectivity index (χ2v) is 6.47. The van der Waals surface area contributed by atoms with Gasteiger partial charge in [-0.15, -0.1) is 0 Å². The van der Waals surface area contributed by atoms with Crippen LogP contribution in [0.25, 0.3) is 11.5 Å². The lowest BCUT2D eigenvalue weighted by Gasteiger charge is -2.13. The first-order valence-electron chi connectivity index (χ1n) is 8.81. The zero-order valence-electron chi connectivity index (χ0n) is 15.2. The first-order valence-corrected chi connectivity index (χ1v) is 8.81. The van der Waals surface area contributed by atoms with Crippen molar-refractivity contribution < 1.29 is 18.7 Å². The zero-order chi connectivity index (χ0) is 18.8. The second kappa shape index (κ2) is 7.15. The summed E-state index contributed by atoms with van der Waals surface area (Å²) in [6.45, 7) is 3.99. The van der Waals surface area contributed by atoms with Crippen LogP contribution in [0.3, 0.4) is 0 Å². The molecule has 1 aromatic heterocycles. The van der Waals surface area contributed by atoms with Crippen LogP contribution in [0, 0.1) is 6.92 Å². The lowest BCUT2D eigenvalue weighted by atomic mass is 10.1. The van der Waals surface area contributed by atoms with E-state index in [1.807, 2.05) is 62.4 Å². The number of carbonyl (C=O) groups is 1. The van der Waals surface area contributed by atoms with E-state index in [9.17, 15) is 4.79 Å². The number of ether oxygens (including phenoxy) is 2. The number of oxazole rings is 1. The fourth-order valence-corrected chi connectivity index (χ4v) is 3.01. The summed E-state index contributed by atoms with van der Waals surface area (Å²) < 4.78 is 16.5. The van der Waals surface area contributed by atoms with Crippen LogP contribution < -0.4 is 14.8 Å². The summed E-state index contributed by atoms with van der Waals surface area (Å²) in [6, 6.07) is 15.3. The number of nitrogens with zero attached hydrogens (tertiary/aromatic N) is 1. The van der Waals surface area contributed by atoms with Gasteiger partial charge in [0.25, 0.3) is 0 Å². The molecule has 138 valence electrons. The monoisotopic (exact) mass is 364 g/mol. The van der Waals surface area contributed by atoms with E-state index in [0.717, 1.165) is 11.1 Å². The van der Waals surface area contributed by atoms with Crippen molar-refractivity contribution in [3.8, 4) is 23.0 Å². The first-order chi connectivity index (χ1) is 13.1.